The van der Waals surface area contributed by atoms with Gasteiger partial charge in [-0.2, -0.15) is 5.10 Å². The van der Waals surface area contributed by atoms with Crippen LogP contribution in [0.2, 0.25) is 5.02 Å². The van der Waals surface area contributed by atoms with Crippen molar-refractivity contribution in [2.75, 3.05) is 38.8 Å². The van der Waals surface area contributed by atoms with Gasteiger partial charge in [0, 0.05) is 55.3 Å². The molecule has 6 N–H and O–H groups in total. The predicted octanol–water partition coefficient (Wildman–Crippen LogP) is 4.22. The van der Waals surface area contributed by atoms with Crippen LogP contribution in [0.3, 0.4) is 0 Å². The molecule has 0 bridgehead atoms. The van der Waals surface area contributed by atoms with E-state index in [0.29, 0.717) is 37.6 Å². The molecule has 0 radical (unpaired) electrons. The van der Waals surface area contributed by atoms with Crippen LogP contribution in [0.15, 0.2) is 53.9 Å². The van der Waals surface area contributed by atoms with Crippen LogP contribution >= 0.6 is 11.6 Å². The Morgan fingerprint density at radius 1 is 1.20 bits per heavy atom. The van der Waals surface area contributed by atoms with Crippen molar-refractivity contribution in [3.05, 3.63) is 76.6 Å². The van der Waals surface area contributed by atoms with Crippen LogP contribution in [0.1, 0.15) is 40.9 Å². The number of ether oxygens (including phenoxy) is 2. The summed E-state index contributed by atoms with van der Waals surface area (Å²) in [5, 5.41) is 11.3. The number of aromatic nitrogens is 3. The van der Waals surface area contributed by atoms with Gasteiger partial charge in [-0.15, -0.1) is 0 Å². The number of hydrogen-bond acceptors (Lipinski definition) is 8. The number of nitrogens with zero attached hydrogens (tertiary/aromatic N) is 4. The summed E-state index contributed by atoms with van der Waals surface area (Å²) < 4.78 is 26.0. The van der Waals surface area contributed by atoms with E-state index >= 15 is 0 Å². The first-order valence-corrected chi connectivity index (χ1v) is 14.8. The molecule has 11 nitrogen and oxygen atoms in total. The van der Waals surface area contributed by atoms with Crippen molar-refractivity contribution >= 4 is 40.2 Å². The maximum atomic E-state index is 13.9. The average Bonchev–Trinajstić information content (AvgIpc) is 3.62. The lowest BCUT2D eigenvalue weighted by molar-refractivity contribution is 0.0692. The van der Waals surface area contributed by atoms with Crippen LogP contribution in [0.25, 0.3) is 16.6 Å². The molecule has 44 heavy (non-hydrogen) atoms. The smallest absolute Gasteiger partial charge is 0.269 e. The molecule has 1 fully saturated rings. The van der Waals surface area contributed by atoms with Crippen molar-refractivity contribution in [1.29, 1.82) is 0 Å². The number of amides is 1. The highest BCUT2D eigenvalue weighted by Crippen LogP contribution is 2.33. The lowest BCUT2D eigenvalue weighted by Gasteiger charge is -2.18. The molecule has 3 aromatic heterocycles. The van der Waals surface area contributed by atoms with E-state index in [-0.39, 0.29) is 34.5 Å². The number of carbonyl (C=O) groups excluding carboxylic acids is 1. The molecule has 5 rings (SSSR count). The number of carbonyl (C=O) groups is 1. The van der Waals surface area contributed by atoms with Crippen LogP contribution < -0.4 is 22.1 Å². The highest BCUT2D eigenvalue weighted by molar-refractivity contribution is 6.33. The highest BCUT2D eigenvalue weighted by Gasteiger charge is 2.25. The molecule has 0 aliphatic heterocycles. The van der Waals surface area contributed by atoms with E-state index in [1.807, 2.05) is 19.2 Å². The fourth-order valence-corrected chi connectivity index (χ4v) is 5.38. The monoisotopic (exact) mass is 622 g/mol. The SMILES string of the molecule is COCCOCCNC(=O)c1cc(C)c(-c2cc3c(N[C@@H]4CC[C@H](N)C4)c(C(N)=Nc4cc(F)ccc4Cl)cnn3c2)cn1. The second-order valence-electron chi connectivity index (χ2n) is 10.7. The molecular formula is C31H36ClFN8O3. The molecule has 4 aromatic rings. The third-order valence-electron chi connectivity index (χ3n) is 7.50. The zero-order valence-electron chi connectivity index (χ0n) is 24.6. The summed E-state index contributed by atoms with van der Waals surface area (Å²) in [4.78, 5) is 21.5. The molecule has 1 aliphatic carbocycles. The van der Waals surface area contributed by atoms with E-state index in [9.17, 15) is 9.18 Å². The highest BCUT2D eigenvalue weighted by atomic mass is 35.5. The van der Waals surface area contributed by atoms with Crippen LogP contribution in [-0.4, -0.2) is 71.9 Å². The van der Waals surface area contributed by atoms with Gasteiger partial charge in [-0.25, -0.2) is 13.9 Å². The van der Waals surface area contributed by atoms with Crippen LogP contribution in [0.5, 0.6) is 0 Å². The molecule has 1 aliphatic rings. The number of methoxy groups -OCH3 is 1. The third-order valence-corrected chi connectivity index (χ3v) is 7.82. The number of benzene rings is 1. The summed E-state index contributed by atoms with van der Waals surface area (Å²) in [5.41, 5.74) is 17.8. The summed E-state index contributed by atoms with van der Waals surface area (Å²) in [6.45, 7) is 3.64. The van der Waals surface area contributed by atoms with Gasteiger partial charge >= 0.3 is 0 Å². The Kier molecular flexibility index (Phi) is 10.1. The topological polar surface area (TPSA) is 154 Å². The molecule has 1 aromatic carbocycles. The van der Waals surface area contributed by atoms with Gasteiger partial charge in [-0.05, 0) is 56.0 Å². The van der Waals surface area contributed by atoms with Crippen LogP contribution in [0.4, 0.5) is 15.8 Å². The number of aryl methyl sites for hydroxylation is 1. The van der Waals surface area contributed by atoms with Gasteiger partial charge in [0.05, 0.1) is 53.5 Å². The first-order chi connectivity index (χ1) is 21.2. The van der Waals surface area contributed by atoms with E-state index in [1.165, 1.54) is 18.2 Å². The zero-order valence-corrected chi connectivity index (χ0v) is 25.4. The lowest BCUT2D eigenvalue weighted by atomic mass is 10.0. The van der Waals surface area contributed by atoms with Gasteiger partial charge in [0.1, 0.15) is 17.3 Å². The van der Waals surface area contributed by atoms with E-state index in [1.54, 1.807) is 30.1 Å². The molecule has 1 saturated carbocycles. The predicted molar refractivity (Wildman–Crippen MR) is 169 cm³/mol. The van der Waals surface area contributed by atoms with Crippen LogP contribution in [-0.2, 0) is 9.47 Å². The Labute approximate surface area is 259 Å². The van der Waals surface area contributed by atoms with Gasteiger partial charge in [-0.1, -0.05) is 11.6 Å². The number of nitrogens with two attached hydrogens (primary N) is 2. The molecule has 13 heteroatoms. The second kappa shape index (κ2) is 14.1. The number of halogens is 2. The van der Waals surface area contributed by atoms with Crippen molar-refractivity contribution in [3.8, 4) is 11.1 Å². The number of hydrogen-bond donors (Lipinski definition) is 4. The van der Waals surface area contributed by atoms with Crippen molar-refractivity contribution < 1.29 is 18.7 Å². The fraction of sp³-hybridized carbons (Fsp3) is 0.355. The molecule has 3 heterocycles. The molecular weight excluding hydrogens is 587 g/mol. The molecule has 0 spiro atoms. The van der Waals surface area contributed by atoms with E-state index < -0.39 is 5.82 Å². The minimum Gasteiger partial charge on any atom is -0.383 e. The Bertz CT molecular complexity index is 1680. The number of rotatable bonds is 12. The average molecular weight is 623 g/mol. The number of fused-ring (bicyclic) bond motifs is 1. The van der Waals surface area contributed by atoms with Crippen molar-refractivity contribution in [2.45, 2.75) is 38.3 Å². The minimum absolute atomic E-state index is 0.112. The van der Waals surface area contributed by atoms with Gasteiger partial charge in [0.15, 0.2) is 0 Å². The van der Waals surface area contributed by atoms with Crippen molar-refractivity contribution in [1.82, 2.24) is 19.9 Å². The standard InChI is InChI=1S/C31H36ClFN8O3/c1-18-11-27(31(42)36-7-8-44-10-9-43-2)37-15-23(18)19-12-28-29(39-22-5-4-21(34)14-22)24(16-38-41(28)17-19)30(35)40-26-13-20(33)3-6-25(26)32/h3,6,11-13,15-17,21-22,39H,4-5,7-10,14,34H2,1-2H3,(H2,35,40)(H,36,42)/t21-,22+/m0/s1. The summed E-state index contributed by atoms with van der Waals surface area (Å²) in [5.74, 6) is -0.612. The maximum Gasteiger partial charge on any atom is 0.269 e. The Hall–Kier alpha value is -4.10. The quantitative estimate of drug-likeness (QED) is 0.104. The second-order valence-corrected chi connectivity index (χ2v) is 11.2. The number of aliphatic imine (C=N–C) groups is 1. The molecule has 0 unspecified atom stereocenters. The maximum absolute atomic E-state index is 13.9. The van der Waals surface area contributed by atoms with E-state index in [4.69, 9.17) is 32.5 Å². The Balaban J connectivity index is 1.45. The van der Waals surface area contributed by atoms with E-state index in [2.05, 4.69) is 25.7 Å². The minimum atomic E-state index is -0.469. The largest absolute Gasteiger partial charge is 0.383 e. The first-order valence-electron chi connectivity index (χ1n) is 14.4. The van der Waals surface area contributed by atoms with Crippen molar-refractivity contribution in [3.63, 3.8) is 0 Å². The normalized spacial score (nSPS) is 16.9. The number of amidine groups is 1. The van der Waals surface area contributed by atoms with Gasteiger partial charge in [0.2, 0.25) is 0 Å². The Morgan fingerprint density at radius 2 is 2.05 bits per heavy atom. The van der Waals surface area contributed by atoms with Gasteiger partial charge in [-0.3, -0.25) is 9.78 Å². The van der Waals surface area contributed by atoms with Crippen molar-refractivity contribution in [2.24, 2.45) is 16.5 Å². The third kappa shape index (κ3) is 7.33. The number of anilines is 1. The molecule has 1 amide bonds. The van der Waals surface area contributed by atoms with Crippen LogP contribution in [0, 0.1) is 12.7 Å². The number of nitrogens with one attached hydrogen (secondary N) is 2. The zero-order chi connectivity index (χ0) is 31.2. The van der Waals surface area contributed by atoms with Gasteiger partial charge < -0.3 is 31.6 Å². The van der Waals surface area contributed by atoms with Gasteiger partial charge in [0.25, 0.3) is 5.91 Å². The fourth-order valence-electron chi connectivity index (χ4n) is 5.22. The molecule has 0 saturated heterocycles. The summed E-state index contributed by atoms with van der Waals surface area (Å²) in [6.07, 6.45) is 7.82. The number of pyridine rings is 1. The summed E-state index contributed by atoms with van der Waals surface area (Å²) in [6, 6.07) is 7.91. The Morgan fingerprint density at radius 3 is 2.80 bits per heavy atom. The summed E-state index contributed by atoms with van der Waals surface area (Å²) >= 11 is 6.26. The van der Waals surface area contributed by atoms with E-state index in [0.717, 1.165) is 47.2 Å². The first kappa shape index (κ1) is 31.3. The molecule has 2 atom stereocenters. The summed E-state index contributed by atoms with van der Waals surface area (Å²) in [7, 11) is 1.61. The molecule has 232 valence electrons. The lowest BCUT2D eigenvalue weighted by Crippen LogP contribution is -2.28.